The van der Waals surface area contributed by atoms with E-state index in [0.717, 1.165) is 5.56 Å². The molecule has 0 saturated heterocycles. The van der Waals surface area contributed by atoms with E-state index in [1.807, 2.05) is 32.9 Å². The Morgan fingerprint density at radius 1 is 0.867 bits per heavy atom. The van der Waals surface area contributed by atoms with Gasteiger partial charge >= 0.3 is 0 Å². The Morgan fingerprint density at radius 2 is 1.40 bits per heavy atom. The van der Waals surface area contributed by atoms with Crippen LogP contribution in [-0.2, 0) is 6.54 Å². The molecular formula is C23H30N2O5. The molecule has 7 heteroatoms. The maximum absolute atomic E-state index is 13.1. The third kappa shape index (κ3) is 5.65. The van der Waals surface area contributed by atoms with E-state index in [4.69, 9.17) is 14.2 Å². The van der Waals surface area contributed by atoms with Gasteiger partial charge in [0, 0.05) is 31.8 Å². The molecule has 0 fully saturated rings. The van der Waals surface area contributed by atoms with Gasteiger partial charge in [-0.1, -0.05) is 12.1 Å². The van der Waals surface area contributed by atoms with Crippen LogP contribution < -0.4 is 19.5 Å². The van der Waals surface area contributed by atoms with Crippen molar-refractivity contribution in [1.29, 1.82) is 0 Å². The maximum Gasteiger partial charge on any atom is 0.254 e. The van der Waals surface area contributed by atoms with Crippen molar-refractivity contribution in [2.45, 2.75) is 27.3 Å². The first-order valence-electron chi connectivity index (χ1n) is 10.1. The lowest BCUT2D eigenvalue weighted by Gasteiger charge is -2.20. The lowest BCUT2D eigenvalue weighted by atomic mass is 10.1. The molecule has 0 atom stereocenters. The number of nitrogens with one attached hydrogen (secondary N) is 1. The maximum atomic E-state index is 13.1. The summed E-state index contributed by atoms with van der Waals surface area (Å²) in [6, 6.07) is 10.5. The van der Waals surface area contributed by atoms with Crippen LogP contribution in [0.1, 0.15) is 47.1 Å². The average Bonchev–Trinajstić information content (AvgIpc) is 2.75. The Bertz CT molecular complexity index is 837. The summed E-state index contributed by atoms with van der Waals surface area (Å²) in [6.45, 7) is 7.37. The van der Waals surface area contributed by atoms with Gasteiger partial charge < -0.3 is 24.4 Å². The van der Waals surface area contributed by atoms with Gasteiger partial charge in [0.25, 0.3) is 11.8 Å². The zero-order valence-electron chi connectivity index (χ0n) is 18.3. The molecule has 0 spiro atoms. The highest BCUT2D eigenvalue weighted by Gasteiger charge is 2.20. The van der Waals surface area contributed by atoms with Gasteiger partial charge in [-0.25, -0.2) is 0 Å². The van der Waals surface area contributed by atoms with Gasteiger partial charge in [-0.05, 0) is 50.6 Å². The molecule has 0 radical (unpaired) electrons. The molecule has 7 nitrogen and oxygen atoms in total. The van der Waals surface area contributed by atoms with Gasteiger partial charge in [-0.15, -0.1) is 0 Å². The van der Waals surface area contributed by atoms with E-state index in [1.54, 1.807) is 43.3 Å². The minimum Gasteiger partial charge on any atom is -0.490 e. The number of rotatable bonds is 10. The quantitative estimate of drug-likeness (QED) is 0.644. The van der Waals surface area contributed by atoms with Gasteiger partial charge in [0.1, 0.15) is 0 Å². The summed E-state index contributed by atoms with van der Waals surface area (Å²) in [5.41, 5.74) is 1.94. The van der Waals surface area contributed by atoms with Crippen molar-refractivity contribution < 1.29 is 23.8 Å². The second-order valence-corrected chi connectivity index (χ2v) is 6.54. The van der Waals surface area contributed by atoms with Crippen molar-refractivity contribution >= 4 is 11.8 Å². The SMILES string of the molecule is CCOc1cc(C(=O)N(C)Cc2ccc(C(=O)NC)cc2)cc(OCC)c1OCC. The van der Waals surface area contributed by atoms with Crippen molar-refractivity contribution in [3.63, 3.8) is 0 Å². The van der Waals surface area contributed by atoms with Crippen LogP contribution >= 0.6 is 0 Å². The summed E-state index contributed by atoms with van der Waals surface area (Å²) < 4.78 is 17.1. The van der Waals surface area contributed by atoms with Gasteiger partial charge in [0.05, 0.1) is 19.8 Å². The van der Waals surface area contributed by atoms with Gasteiger partial charge in [0.2, 0.25) is 5.75 Å². The van der Waals surface area contributed by atoms with Gasteiger partial charge in [-0.2, -0.15) is 0 Å². The molecule has 2 aromatic carbocycles. The molecule has 0 aliphatic rings. The smallest absolute Gasteiger partial charge is 0.254 e. The van der Waals surface area contributed by atoms with Crippen LogP contribution in [0.2, 0.25) is 0 Å². The molecule has 0 unspecified atom stereocenters. The highest BCUT2D eigenvalue weighted by atomic mass is 16.5. The van der Waals surface area contributed by atoms with E-state index in [-0.39, 0.29) is 11.8 Å². The number of carbonyl (C=O) groups is 2. The topological polar surface area (TPSA) is 77.1 Å². The second-order valence-electron chi connectivity index (χ2n) is 6.54. The van der Waals surface area contributed by atoms with Crippen LogP contribution in [0.3, 0.4) is 0 Å². The second kappa shape index (κ2) is 11.1. The predicted octanol–water partition coefficient (Wildman–Crippen LogP) is 3.51. The zero-order valence-corrected chi connectivity index (χ0v) is 18.3. The number of benzene rings is 2. The number of nitrogens with zero attached hydrogens (tertiary/aromatic N) is 1. The lowest BCUT2D eigenvalue weighted by Crippen LogP contribution is -2.26. The Labute approximate surface area is 177 Å². The Kier molecular flexibility index (Phi) is 8.53. The fourth-order valence-electron chi connectivity index (χ4n) is 2.98. The van der Waals surface area contributed by atoms with Crippen LogP contribution in [0.25, 0.3) is 0 Å². The predicted molar refractivity (Wildman–Crippen MR) is 116 cm³/mol. The molecule has 162 valence electrons. The Balaban J connectivity index is 2.26. The monoisotopic (exact) mass is 414 g/mol. The zero-order chi connectivity index (χ0) is 22.1. The standard InChI is InChI=1S/C23H30N2O5/c1-6-28-19-13-18(14-20(29-7-2)21(19)30-8-3)23(27)25(5)15-16-9-11-17(12-10-16)22(26)24-4/h9-14H,6-8,15H2,1-5H3,(H,24,26). The minimum atomic E-state index is -0.171. The highest BCUT2D eigenvalue weighted by molar-refractivity contribution is 5.95. The molecule has 2 aromatic rings. The van der Waals surface area contributed by atoms with Gasteiger partial charge in [-0.3, -0.25) is 9.59 Å². The summed E-state index contributed by atoms with van der Waals surface area (Å²) in [5, 5.41) is 2.59. The third-order valence-corrected chi connectivity index (χ3v) is 4.37. The molecule has 1 N–H and O–H groups in total. The van der Waals surface area contributed by atoms with E-state index in [2.05, 4.69) is 5.32 Å². The van der Waals surface area contributed by atoms with Crippen molar-refractivity contribution in [2.24, 2.45) is 0 Å². The Morgan fingerprint density at radius 3 is 1.87 bits per heavy atom. The molecule has 30 heavy (non-hydrogen) atoms. The minimum absolute atomic E-state index is 0.146. The number of ether oxygens (including phenoxy) is 3. The number of hydrogen-bond acceptors (Lipinski definition) is 5. The summed E-state index contributed by atoms with van der Waals surface area (Å²) in [7, 11) is 3.32. The van der Waals surface area contributed by atoms with E-state index in [0.29, 0.717) is 54.7 Å². The normalized spacial score (nSPS) is 10.3. The van der Waals surface area contributed by atoms with Crippen molar-refractivity contribution in [2.75, 3.05) is 33.9 Å². The molecule has 0 saturated carbocycles. The van der Waals surface area contributed by atoms with E-state index >= 15 is 0 Å². The molecule has 0 heterocycles. The third-order valence-electron chi connectivity index (χ3n) is 4.37. The molecule has 2 rings (SSSR count). The van der Waals surface area contributed by atoms with Crippen LogP contribution in [0.4, 0.5) is 0 Å². The molecule has 2 amide bonds. The summed E-state index contributed by atoms with van der Waals surface area (Å²) in [6.07, 6.45) is 0. The number of hydrogen-bond donors (Lipinski definition) is 1. The Hall–Kier alpha value is -3.22. The molecule has 0 bridgehead atoms. The molecule has 0 aromatic heterocycles. The molecular weight excluding hydrogens is 384 g/mol. The number of carbonyl (C=O) groups excluding carboxylic acids is 2. The first-order chi connectivity index (χ1) is 14.4. The van der Waals surface area contributed by atoms with Crippen molar-refractivity contribution in [1.82, 2.24) is 10.2 Å². The molecule has 0 aliphatic heterocycles. The average molecular weight is 415 g/mol. The molecule has 0 aliphatic carbocycles. The van der Waals surface area contributed by atoms with E-state index in [1.165, 1.54) is 0 Å². The van der Waals surface area contributed by atoms with Crippen LogP contribution in [-0.4, -0.2) is 50.6 Å². The largest absolute Gasteiger partial charge is 0.490 e. The van der Waals surface area contributed by atoms with Crippen LogP contribution in [0.15, 0.2) is 36.4 Å². The fraction of sp³-hybridized carbons (Fsp3) is 0.391. The lowest BCUT2D eigenvalue weighted by molar-refractivity contribution is 0.0783. The van der Waals surface area contributed by atoms with Crippen molar-refractivity contribution in [3.05, 3.63) is 53.1 Å². The van der Waals surface area contributed by atoms with E-state index < -0.39 is 0 Å². The van der Waals surface area contributed by atoms with Crippen LogP contribution in [0.5, 0.6) is 17.2 Å². The summed E-state index contributed by atoms with van der Waals surface area (Å²) in [4.78, 5) is 26.3. The van der Waals surface area contributed by atoms with E-state index in [9.17, 15) is 9.59 Å². The van der Waals surface area contributed by atoms with Crippen molar-refractivity contribution in [3.8, 4) is 17.2 Å². The van der Waals surface area contributed by atoms with Gasteiger partial charge in [0.15, 0.2) is 11.5 Å². The first-order valence-corrected chi connectivity index (χ1v) is 10.1. The fourth-order valence-corrected chi connectivity index (χ4v) is 2.98. The number of amides is 2. The highest BCUT2D eigenvalue weighted by Crippen LogP contribution is 2.39. The summed E-state index contributed by atoms with van der Waals surface area (Å²) >= 11 is 0. The van der Waals surface area contributed by atoms with Crippen LogP contribution in [0, 0.1) is 0 Å². The summed E-state index contributed by atoms with van der Waals surface area (Å²) in [5.74, 6) is 1.15. The first kappa shape index (κ1) is 23.1.